The summed E-state index contributed by atoms with van der Waals surface area (Å²) in [6.07, 6.45) is 3.28. The largest absolute Gasteiger partial charge is 0.476 e. The highest BCUT2D eigenvalue weighted by Gasteiger charge is 2.14. The van der Waals surface area contributed by atoms with Crippen LogP contribution in [-0.4, -0.2) is 31.3 Å². The molecule has 0 amide bonds. The van der Waals surface area contributed by atoms with Crippen LogP contribution in [0, 0.1) is 0 Å². The molecule has 0 saturated carbocycles. The topological polar surface area (TPSA) is 84.2 Å². The predicted octanol–water partition coefficient (Wildman–Crippen LogP) is 2.26. The minimum Gasteiger partial charge on any atom is -0.476 e. The van der Waals surface area contributed by atoms with Crippen LogP contribution in [-0.2, 0) is 30.1 Å². The van der Waals surface area contributed by atoms with E-state index in [1.807, 2.05) is 6.07 Å². The lowest BCUT2D eigenvalue weighted by Gasteiger charge is -2.09. The molecule has 0 aliphatic heterocycles. The molecule has 0 aliphatic rings. The van der Waals surface area contributed by atoms with Crippen LogP contribution >= 0.6 is 11.6 Å². The fourth-order valence-electron chi connectivity index (χ4n) is 2.06. The third-order valence-corrected chi connectivity index (χ3v) is 4.08. The first-order valence-electron chi connectivity index (χ1n) is 6.45. The average Bonchev–Trinajstić information content (AvgIpc) is 2.80. The first-order valence-corrected chi connectivity index (χ1v) is 8.55. The van der Waals surface area contributed by atoms with E-state index < -0.39 is 16.8 Å². The van der Waals surface area contributed by atoms with Crippen LogP contribution < -0.4 is 5.32 Å². The summed E-state index contributed by atoms with van der Waals surface area (Å²) >= 11 is 6.07. The van der Waals surface area contributed by atoms with E-state index in [0.29, 0.717) is 22.9 Å². The number of rotatable bonds is 6. The normalized spacial score (nSPS) is 12.1. The molecule has 0 spiro atoms. The first kappa shape index (κ1) is 16.5. The van der Waals surface area contributed by atoms with Crippen LogP contribution in [0.3, 0.4) is 0 Å². The summed E-state index contributed by atoms with van der Waals surface area (Å²) in [4.78, 5) is 11.1. The molecule has 2 N–H and O–H groups in total. The van der Waals surface area contributed by atoms with Crippen LogP contribution in [0.4, 0.5) is 5.69 Å². The average molecular weight is 342 g/mol. The van der Waals surface area contributed by atoms with Crippen LogP contribution in [0.5, 0.6) is 0 Å². The number of carboxylic acid groups (broad SMARTS) is 1. The molecule has 118 valence electrons. The Kier molecular flexibility index (Phi) is 5.20. The molecule has 2 aromatic rings. The van der Waals surface area contributed by atoms with Gasteiger partial charge in [-0.15, -0.1) is 0 Å². The van der Waals surface area contributed by atoms with Crippen LogP contribution in [0.2, 0.25) is 5.02 Å². The lowest BCUT2D eigenvalue weighted by Crippen LogP contribution is -2.06. The zero-order chi connectivity index (χ0) is 16.3. The summed E-state index contributed by atoms with van der Waals surface area (Å²) < 4.78 is 12.8. The molecule has 22 heavy (non-hydrogen) atoms. The Morgan fingerprint density at radius 1 is 1.45 bits per heavy atom. The second kappa shape index (κ2) is 6.93. The number of nitrogens with one attached hydrogen (secondary N) is 1. The van der Waals surface area contributed by atoms with Gasteiger partial charge in [-0.1, -0.05) is 11.6 Å². The lowest BCUT2D eigenvalue weighted by atomic mass is 10.2. The zero-order valence-electron chi connectivity index (χ0n) is 12.2. The molecule has 1 aromatic carbocycles. The number of hydrogen-bond acceptors (Lipinski definition) is 4. The van der Waals surface area contributed by atoms with Gasteiger partial charge in [0.1, 0.15) is 0 Å². The minimum absolute atomic E-state index is 0.0267. The Balaban J connectivity index is 2.15. The van der Waals surface area contributed by atoms with Gasteiger partial charge in [0.2, 0.25) is 0 Å². The predicted molar refractivity (Wildman–Crippen MR) is 86.7 cm³/mol. The quantitative estimate of drug-likeness (QED) is 0.842. The van der Waals surface area contributed by atoms with E-state index in [4.69, 9.17) is 16.7 Å². The van der Waals surface area contributed by atoms with E-state index in [0.717, 1.165) is 11.3 Å². The number of carboxylic acids is 1. The van der Waals surface area contributed by atoms with E-state index in [2.05, 4.69) is 10.4 Å². The molecule has 1 atom stereocenters. The maximum absolute atomic E-state index is 11.3. The smallest absolute Gasteiger partial charge is 0.356 e. The number of benzene rings is 1. The highest BCUT2D eigenvalue weighted by Crippen LogP contribution is 2.22. The van der Waals surface area contributed by atoms with Crippen molar-refractivity contribution in [2.45, 2.75) is 12.3 Å². The van der Waals surface area contributed by atoms with Crippen molar-refractivity contribution in [3.05, 3.63) is 46.2 Å². The summed E-state index contributed by atoms with van der Waals surface area (Å²) in [5.41, 5.74) is 2.19. The van der Waals surface area contributed by atoms with Gasteiger partial charge in [0.15, 0.2) is 5.69 Å². The molecule has 8 heteroatoms. The molecule has 1 unspecified atom stereocenters. The summed E-state index contributed by atoms with van der Waals surface area (Å²) in [6, 6.07) is 5.34. The van der Waals surface area contributed by atoms with Gasteiger partial charge >= 0.3 is 5.97 Å². The Morgan fingerprint density at radius 3 is 2.82 bits per heavy atom. The molecule has 0 radical (unpaired) electrons. The van der Waals surface area contributed by atoms with Gasteiger partial charge in [-0.05, 0) is 23.8 Å². The maximum Gasteiger partial charge on any atom is 0.356 e. The number of aromatic carboxylic acids is 1. The third-order valence-electron chi connectivity index (χ3n) is 2.99. The second-order valence-corrected chi connectivity index (χ2v) is 6.70. The van der Waals surface area contributed by atoms with E-state index in [9.17, 15) is 9.00 Å². The summed E-state index contributed by atoms with van der Waals surface area (Å²) in [5.74, 6) is -0.683. The van der Waals surface area contributed by atoms with Crippen molar-refractivity contribution in [1.82, 2.24) is 9.78 Å². The monoisotopic (exact) mass is 341 g/mol. The van der Waals surface area contributed by atoms with Crippen molar-refractivity contribution in [2.75, 3.05) is 11.6 Å². The SMILES string of the molecule is Cn1cc(CNc2ccc(Cl)c(CS(C)=O)c2)c(C(=O)O)n1. The van der Waals surface area contributed by atoms with Crippen molar-refractivity contribution in [3.63, 3.8) is 0 Å². The zero-order valence-corrected chi connectivity index (χ0v) is 13.7. The number of halogens is 1. The highest BCUT2D eigenvalue weighted by atomic mass is 35.5. The molecule has 0 fully saturated rings. The lowest BCUT2D eigenvalue weighted by molar-refractivity contribution is 0.0688. The number of carbonyl (C=O) groups is 1. The molecular weight excluding hydrogens is 326 g/mol. The molecule has 0 aliphatic carbocycles. The van der Waals surface area contributed by atoms with Crippen LogP contribution in [0.1, 0.15) is 21.6 Å². The summed E-state index contributed by atoms with van der Waals surface area (Å²) in [7, 11) is 0.689. The third kappa shape index (κ3) is 4.08. The molecule has 1 aromatic heterocycles. The molecule has 0 bridgehead atoms. The Morgan fingerprint density at radius 2 is 2.18 bits per heavy atom. The molecule has 6 nitrogen and oxygen atoms in total. The first-order chi connectivity index (χ1) is 10.4. The van der Waals surface area contributed by atoms with Gasteiger partial charge in [0, 0.05) is 58.9 Å². The van der Waals surface area contributed by atoms with Crippen LogP contribution in [0.25, 0.3) is 0 Å². The number of anilines is 1. The number of aryl methyl sites for hydroxylation is 1. The second-order valence-electron chi connectivity index (χ2n) is 4.86. The Bertz CT molecular complexity index is 730. The Labute approximate surface area is 135 Å². The number of aromatic nitrogens is 2. The van der Waals surface area contributed by atoms with E-state index >= 15 is 0 Å². The van der Waals surface area contributed by atoms with Crippen LogP contribution in [0.15, 0.2) is 24.4 Å². The van der Waals surface area contributed by atoms with E-state index in [1.54, 1.807) is 31.6 Å². The fraction of sp³-hybridized carbons (Fsp3) is 0.286. The number of hydrogen-bond donors (Lipinski definition) is 2. The fourth-order valence-corrected chi connectivity index (χ4v) is 3.00. The molecule has 1 heterocycles. The van der Waals surface area contributed by atoms with Gasteiger partial charge in [-0.3, -0.25) is 8.89 Å². The van der Waals surface area contributed by atoms with E-state index in [1.165, 1.54) is 4.68 Å². The van der Waals surface area contributed by atoms with Crippen molar-refractivity contribution in [3.8, 4) is 0 Å². The van der Waals surface area contributed by atoms with Gasteiger partial charge in [-0.2, -0.15) is 5.10 Å². The summed E-state index contributed by atoms with van der Waals surface area (Å²) in [5, 5.41) is 16.7. The van der Waals surface area contributed by atoms with Crippen molar-refractivity contribution in [1.29, 1.82) is 0 Å². The van der Waals surface area contributed by atoms with Gasteiger partial charge in [0.05, 0.1) is 0 Å². The summed E-state index contributed by atoms with van der Waals surface area (Å²) in [6.45, 7) is 0.325. The highest BCUT2D eigenvalue weighted by molar-refractivity contribution is 7.83. The maximum atomic E-state index is 11.3. The van der Waals surface area contributed by atoms with E-state index in [-0.39, 0.29) is 5.69 Å². The van der Waals surface area contributed by atoms with Gasteiger partial charge in [-0.25, -0.2) is 4.79 Å². The van der Waals surface area contributed by atoms with Crippen molar-refractivity contribution in [2.24, 2.45) is 7.05 Å². The number of nitrogens with zero attached hydrogens (tertiary/aromatic N) is 2. The van der Waals surface area contributed by atoms with Crippen molar-refractivity contribution < 1.29 is 14.1 Å². The molecular formula is C14H16ClN3O3S. The molecule has 0 saturated heterocycles. The Hall–Kier alpha value is -1.86. The molecule has 2 rings (SSSR count). The standard InChI is InChI=1S/C14H16ClN3O3S/c1-18-7-10(13(17-18)14(19)20)6-16-11-3-4-12(15)9(5-11)8-22(2)21/h3-5,7,16H,6,8H2,1-2H3,(H,19,20). The minimum atomic E-state index is -1.06. The van der Waals surface area contributed by atoms with Crippen molar-refractivity contribution >= 4 is 34.1 Å². The van der Waals surface area contributed by atoms with Gasteiger partial charge in [0.25, 0.3) is 0 Å². The van der Waals surface area contributed by atoms with Gasteiger partial charge < -0.3 is 10.4 Å².